The number of amides is 1. The minimum atomic E-state index is -3.65. The van der Waals surface area contributed by atoms with Crippen LogP contribution in [0.25, 0.3) is 0 Å². The van der Waals surface area contributed by atoms with Gasteiger partial charge in [-0.25, -0.2) is 18.1 Å². The van der Waals surface area contributed by atoms with Crippen molar-refractivity contribution in [3.63, 3.8) is 0 Å². The van der Waals surface area contributed by atoms with E-state index in [1.54, 1.807) is 6.07 Å². The highest BCUT2D eigenvalue weighted by Gasteiger charge is 2.15. The molecule has 2 aromatic heterocycles. The summed E-state index contributed by atoms with van der Waals surface area (Å²) in [5.41, 5.74) is 0.356. The first-order chi connectivity index (χ1) is 14.3. The third-order valence-electron chi connectivity index (χ3n) is 3.95. The van der Waals surface area contributed by atoms with Gasteiger partial charge < -0.3 is 10.6 Å². The van der Waals surface area contributed by atoms with Crippen molar-refractivity contribution < 1.29 is 13.2 Å². The third-order valence-corrected chi connectivity index (χ3v) is 6.74. The molecule has 0 aliphatic rings. The molecule has 1 amide bonds. The quantitative estimate of drug-likeness (QED) is 0.401. The molecule has 158 valence electrons. The summed E-state index contributed by atoms with van der Waals surface area (Å²) >= 11 is 13.3. The van der Waals surface area contributed by atoms with Crippen LogP contribution in [0.3, 0.4) is 0 Å². The Balaban J connectivity index is 1.49. The van der Waals surface area contributed by atoms with Gasteiger partial charge in [-0.2, -0.15) is 0 Å². The van der Waals surface area contributed by atoms with Crippen LogP contribution in [-0.2, 0) is 16.6 Å². The van der Waals surface area contributed by atoms with E-state index in [1.807, 2.05) is 17.5 Å². The van der Waals surface area contributed by atoms with Crippen LogP contribution < -0.4 is 15.4 Å². The average Bonchev–Trinajstić information content (AvgIpc) is 3.25. The van der Waals surface area contributed by atoms with E-state index in [9.17, 15) is 13.2 Å². The molecule has 0 saturated carbocycles. The summed E-state index contributed by atoms with van der Waals surface area (Å²) < 4.78 is 27.3. The topological polar surface area (TPSA) is 100 Å². The predicted molar refractivity (Wildman–Crippen MR) is 120 cm³/mol. The Kier molecular flexibility index (Phi) is 7.68. The molecule has 0 aliphatic heterocycles. The van der Waals surface area contributed by atoms with E-state index in [-0.39, 0.29) is 17.3 Å². The zero-order valence-corrected chi connectivity index (χ0v) is 18.7. The minimum Gasteiger partial charge on any atom is -0.367 e. The van der Waals surface area contributed by atoms with Gasteiger partial charge in [-0.15, -0.1) is 11.3 Å². The number of nitrogens with one attached hydrogen (secondary N) is 3. The monoisotopic (exact) mass is 484 g/mol. The van der Waals surface area contributed by atoms with Gasteiger partial charge in [0.2, 0.25) is 10.0 Å². The fourth-order valence-electron chi connectivity index (χ4n) is 2.45. The second-order valence-electron chi connectivity index (χ2n) is 6.09. The normalized spacial score (nSPS) is 11.3. The molecular formula is C19H18Cl2N4O3S2. The molecular weight excluding hydrogens is 467 g/mol. The Hall–Kier alpha value is -2.17. The molecule has 1 aromatic carbocycles. The van der Waals surface area contributed by atoms with Crippen LogP contribution >= 0.6 is 34.5 Å². The maximum atomic E-state index is 12.4. The Morgan fingerprint density at radius 2 is 1.87 bits per heavy atom. The van der Waals surface area contributed by atoms with Crippen molar-refractivity contribution in [3.05, 3.63) is 74.5 Å². The van der Waals surface area contributed by atoms with Gasteiger partial charge in [0.15, 0.2) is 0 Å². The molecule has 30 heavy (non-hydrogen) atoms. The van der Waals surface area contributed by atoms with Crippen molar-refractivity contribution in [2.24, 2.45) is 0 Å². The molecule has 3 N–H and O–H groups in total. The summed E-state index contributed by atoms with van der Waals surface area (Å²) in [4.78, 5) is 17.3. The van der Waals surface area contributed by atoms with Crippen LogP contribution in [0.2, 0.25) is 10.0 Å². The highest BCUT2D eigenvalue weighted by molar-refractivity contribution is 7.89. The number of pyridine rings is 1. The van der Waals surface area contributed by atoms with Crippen molar-refractivity contribution in [1.29, 1.82) is 0 Å². The Labute approximate surface area is 188 Å². The summed E-state index contributed by atoms with van der Waals surface area (Å²) in [6.45, 7) is 0.947. The standard InChI is InChI=1S/C19H18Cl2N4O3S2/c20-14-10-17(21)18(24-11-14)22-7-8-23-19(26)13-3-5-16(6-4-13)30(27,28)25-12-15-2-1-9-29-15/h1-6,9-11,25H,7-8,12H2,(H,22,24)(H,23,26). The molecule has 11 heteroatoms. The first-order valence-electron chi connectivity index (χ1n) is 8.80. The number of carbonyl (C=O) groups is 1. The van der Waals surface area contributed by atoms with Crippen molar-refractivity contribution >= 4 is 56.3 Å². The number of sulfonamides is 1. The number of hydrogen-bond acceptors (Lipinski definition) is 6. The van der Waals surface area contributed by atoms with Gasteiger partial charge in [0, 0.05) is 36.3 Å². The Morgan fingerprint density at radius 1 is 1.10 bits per heavy atom. The first kappa shape index (κ1) is 22.5. The molecule has 2 heterocycles. The van der Waals surface area contributed by atoms with Crippen LogP contribution in [0.1, 0.15) is 15.2 Å². The van der Waals surface area contributed by atoms with E-state index in [0.717, 1.165) is 4.88 Å². The van der Waals surface area contributed by atoms with Gasteiger partial charge in [-0.05, 0) is 41.8 Å². The predicted octanol–water partition coefficient (Wildman–Crippen LogP) is 3.77. The zero-order valence-electron chi connectivity index (χ0n) is 15.6. The lowest BCUT2D eigenvalue weighted by Gasteiger charge is -2.09. The smallest absolute Gasteiger partial charge is 0.251 e. The number of halogens is 2. The molecule has 0 atom stereocenters. The van der Waals surface area contributed by atoms with Gasteiger partial charge in [0.05, 0.1) is 14.9 Å². The molecule has 0 spiro atoms. The summed E-state index contributed by atoms with van der Waals surface area (Å²) in [5.74, 6) is 0.155. The lowest BCUT2D eigenvalue weighted by molar-refractivity contribution is 0.0955. The maximum absolute atomic E-state index is 12.4. The Bertz CT molecular complexity index is 1110. The van der Waals surface area contributed by atoms with Crippen molar-refractivity contribution in [1.82, 2.24) is 15.0 Å². The summed E-state index contributed by atoms with van der Waals surface area (Å²) in [7, 11) is -3.65. The number of carbonyl (C=O) groups excluding carboxylic acids is 1. The van der Waals surface area contributed by atoms with Gasteiger partial charge in [-0.3, -0.25) is 4.79 Å². The highest BCUT2D eigenvalue weighted by atomic mass is 35.5. The highest BCUT2D eigenvalue weighted by Crippen LogP contribution is 2.22. The second-order valence-corrected chi connectivity index (χ2v) is 9.74. The molecule has 0 bridgehead atoms. The SMILES string of the molecule is O=C(NCCNc1ncc(Cl)cc1Cl)c1ccc(S(=O)(=O)NCc2cccs2)cc1. The first-order valence-corrected chi connectivity index (χ1v) is 11.9. The molecule has 7 nitrogen and oxygen atoms in total. The minimum absolute atomic E-state index is 0.0979. The van der Waals surface area contributed by atoms with E-state index < -0.39 is 10.0 Å². The van der Waals surface area contributed by atoms with Crippen LogP contribution in [0.4, 0.5) is 5.82 Å². The van der Waals surface area contributed by atoms with E-state index >= 15 is 0 Å². The van der Waals surface area contributed by atoms with Crippen LogP contribution in [0.5, 0.6) is 0 Å². The van der Waals surface area contributed by atoms with Crippen molar-refractivity contribution in [3.8, 4) is 0 Å². The third kappa shape index (κ3) is 6.16. The lowest BCUT2D eigenvalue weighted by atomic mass is 10.2. The van der Waals surface area contributed by atoms with Gasteiger partial charge in [-0.1, -0.05) is 29.3 Å². The second kappa shape index (κ2) is 10.2. The average molecular weight is 485 g/mol. The largest absolute Gasteiger partial charge is 0.367 e. The van der Waals surface area contributed by atoms with Gasteiger partial charge in [0.1, 0.15) is 5.82 Å². The van der Waals surface area contributed by atoms with Crippen LogP contribution in [0, 0.1) is 0 Å². The number of hydrogen-bond donors (Lipinski definition) is 3. The molecule has 3 rings (SSSR count). The molecule has 0 unspecified atom stereocenters. The summed E-state index contributed by atoms with van der Waals surface area (Å²) in [6.07, 6.45) is 1.47. The fraction of sp³-hybridized carbons (Fsp3) is 0.158. The summed E-state index contributed by atoms with van der Waals surface area (Å²) in [5, 5.41) is 8.44. The van der Waals surface area contributed by atoms with E-state index in [4.69, 9.17) is 23.2 Å². The Morgan fingerprint density at radius 3 is 2.53 bits per heavy atom. The number of thiophene rings is 1. The number of rotatable bonds is 9. The number of benzene rings is 1. The lowest BCUT2D eigenvalue weighted by Crippen LogP contribution is -2.29. The molecule has 3 aromatic rings. The zero-order chi connectivity index (χ0) is 21.6. The number of nitrogens with zero attached hydrogens (tertiary/aromatic N) is 1. The number of anilines is 1. The fourth-order valence-corrected chi connectivity index (χ4v) is 4.64. The van der Waals surface area contributed by atoms with Crippen LogP contribution in [0.15, 0.2) is 58.9 Å². The number of aromatic nitrogens is 1. The van der Waals surface area contributed by atoms with E-state index in [2.05, 4.69) is 20.3 Å². The van der Waals surface area contributed by atoms with E-state index in [0.29, 0.717) is 34.5 Å². The van der Waals surface area contributed by atoms with Crippen molar-refractivity contribution in [2.75, 3.05) is 18.4 Å². The van der Waals surface area contributed by atoms with Crippen LogP contribution in [-0.4, -0.2) is 32.4 Å². The van der Waals surface area contributed by atoms with E-state index in [1.165, 1.54) is 41.8 Å². The molecule has 0 radical (unpaired) electrons. The summed E-state index contributed by atoms with van der Waals surface area (Å²) in [6, 6.07) is 11.0. The van der Waals surface area contributed by atoms with Gasteiger partial charge >= 0.3 is 0 Å². The molecule has 0 saturated heterocycles. The van der Waals surface area contributed by atoms with Crippen molar-refractivity contribution in [2.45, 2.75) is 11.4 Å². The van der Waals surface area contributed by atoms with Gasteiger partial charge in [0.25, 0.3) is 5.91 Å². The molecule has 0 fully saturated rings. The molecule has 0 aliphatic carbocycles. The maximum Gasteiger partial charge on any atom is 0.251 e.